The van der Waals surface area contributed by atoms with Crippen LogP contribution >= 0.6 is 0 Å². The molecule has 0 saturated heterocycles. The van der Waals surface area contributed by atoms with Gasteiger partial charge in [-0.15, -0.1) is 0 Å². The van der Waals surface area contributed by atoms with Gasteiger partial charge in [-0.1, -0.05) is 18.2 Å². The summed E-state index contributed by atoms with van der Waals surface area (Å²) in [6.45, 7) is 2.03. The molecule has 0 saturated carbocycles. The van der Waals surface area contributed by atoms with E-state index in [-0.39, 0.29) is 0 Å². The average Bonchev–Trinajstić information content (AvgIpc) is 2.68. The third-order valence-electron chi connectivity index (χ3n) is 2.85. The van der Waals surface area contributed by atoms with Crippen LogP contribution in [-0.2, 0) is 0 Å². The molecular weight excluding hydrogens is 198 g/mol. The molecule has 0 bridgehead atoms. The minimum atomic E-state index is 0.672. The number of benzene rings is 2. The number of furan rings is 1. The van der Waals surface area contributed by atoms with Crippen LogP contribution in [0.15, 0.2) is 40.8 Å². The van der Waals surface area contributed by atoms with Crippen LogP contribution in [0.3, 0.4) is 0 Å². The molecule has 3 rings (SSSR count). The van der Waals surface area contributed by atoms with E-state index in [0.717, 1.165) is 27.5 Å². The van der Waals surface area contributed by atoms with Crippen molar-refractivity contribution in [3.63, 3.8) is 0 Å². The molecule has 0 fully saturated rings. The Morgan fingerprint density at radius 1 is 1.00 bits per heavy atom. The molecule has 76 valence electrons. The minimum absolute atomic E-state index is 0.672. The van der Waals surface area contributed by atoms with E-state index in [1.54, 1.807) is 0 Å². The number of nitrogens with zero attached hydrogens (tertiary/aromatic N) is 1. The van der Waals surface area contributed by atoms with Gasteiger partial charge in [0.15, 0.2) is 0 Å². The second-order valence-corrected chi connectivity index (χ2v) is 3.84. The molecule has 0 aliphatic rings. The second kappa shape index (κ2) is 3.11. The monoisotopic (exact) mass is 207 g/mol. The lowest BCUT2D eigenvalue weighted by atomic mass is 10.0. The number of hydrogen-bond donors (Lipinski definition) is 0. The Labute approximate surface area is 92.7 Å². The third kappa shape index (κ3) is 1.06. The highest BCUT2D eigenvalue weighted by Gasteiger charge is 2.11. The molecule has 0 atom stereocenters. The molecule has 0 aliphatic heterocycles. The highest BCUT2D eigenvalue weighted by atomic mass is 16.3. The van der Waals surface area contributed by atoms with E-state index < -0.39 is 0 Å². The molecule has 1 heterocycles. The van der Waals surface area contributed by atoms with E-state index in [9.17, 15) is 0 Å². The van der Waals surface area contributed by atoms with Gasteiger partial charge in [-0.2, -0.15) is 5.26 Å². The Balaban J connectivity index is 2.67. The fourth-order valence-corrected chi connectivity index (χ4v) is 2.13. The van der Waals surface area contributed by atoms with Gasteiger partial charge in [0.05, 0.1) is 11.6 Å². The molecule has 0 N–H and O–H groups in total. The van der Waals surface area contributed by atoms with E-state index in [1.165, 1.54) is 0 Å². The zero-order chi connectivity index (χ0) is 11.1. The maximum atomic E-state index is 9.11. The largest absolute Gasteiger partial charge is 0.456 e. The normalized spacial score (nSPS) is 10.8. The first-order chi connectivity index (χ1) is 7.81. The fraction of sp³-hybridized carbons (Fsp3) is 0.0714. The molecular formula is C14H9NO. The summed E-state index contributed by atoms with van der Waals surface area (Å²) in [5.74, 6) is 0. The van der Waals surface area contributed by atoms with E-state index in [2.05, 4.69) is 6.07 Å². The standard InChI is InChI=1S/C14H9NO/c1-9-4-2-6-11-13(9)14-10(8-15)5-3-7-12(14)16-11/h2-7H,1H3. The van der Waals surface area contributed by atoms with Crippen molar-refractivity contribution in [1.82, 2.24) is 0 Å². The van der Waals surface area contributed by atoms with Gasteiger partial charge in [0.25, 0.3) is 0 Å². The van der Waals surface area contributed by atoms with Crippen LogP contribution < -0.4 is 0 Å². The Kier molecular flexibility index (Phi) is 1.75. The van der Waals surface area contributed by atoms with Gasteiger partial charge in [-0.3, -0.25) is 0 Å². The summed E-state index contributed by atoms with van der Waals surface area (Å²) in [6.07, 6.45) is 0. The predicted octanol–water partition coefficient (Wildman–Crippen LogP) is 3.77. The van der Waals surface area contributed by atoms with E-state index in [0.29, 0.717) is 5.56 Å². The Bertz CT molecular complexity index is 731. The summed E-state index contributed by atoms with van der Waals surface area (Å²) in [5.41, 5.74) is 3.44. The van der Waals surface area contributed by atoms with Crippen molar-refractivity contribution in [2.24, 2.45) is 0 Å². The highest BCUT2D eigenvalue weighted by molar-refractivity contribution is 6.09. The quantitative estimate of drug-likeness (QED) is 0.562. The zero-order valence-electron chi connectivity index (χ0n) is 8.82. The average molecular weight is 207 g/mol. The summed E-state index contributed by atoms with van der Waals surface area (Å²) in [6, 6.07) is 13.7. The lowest BCUT2D eigenvalue weighted by Crippen LogP contribution is -1.78. The Hall–Kier alpha value is -2.27. The van der Waals surface area contributed by atoms with Crippen LogP contribution in [-0.4, -0.2) is 0 Å². The van der Waals surface area contributed by atoms with Crippen molar-refractivity contribution in [3.8, 4) is 6.07 Å². The van der Waals surface area contributed by atoms with Crippen LogP contribution in [0.1, 0.15) is 11.1 Å². The van der Waals surface area contributed by atoms with Crippen molar-refractivity contribution in [3.05, 3.63) is 47.5 Å². The molecule has 2 aromatic carbocycles. The zero-order valence-corrected chi connectivity index (χ0v) is 8.82. The van der Waals surface area contributed by atoms with Gasteiger partial charge >= 0.3 is 0 Å². The van der Waals surface area contributed by atoms with Crippen molar-refractivity contribution >= 4 is 21.9 Å². The maximum Gasteiger partial charge on any atom is 0.136 e. The summed E-state index contributed by atoms with van der Waals surface area (Å²) in [4.78, 5) is 0. The number of rotatable bonds is 0. The molecule has 2 heteroatoms. The van der Waals surface area contributed by atoms with Crippen molar-refractivity contribution in [1.29, 1.82) is 5.26 Å². The summed E-state index contributed by atoms with van der Waals surface area (Å²) < 4.78 is 5.72. The first kappa shape index (κ1) is 8.99. The first-order valence-corrected chi connectivity index (χ1v) is 5.12. The predicted molar refractivity (Wildman–Crippen MR) is 63.2 cm³/mol. The van der Waals surface area contributed by atoms with Crippen LogP contribution in [0, 0.1) is 18.3 Å². The van der Waals surface area contributed by atoms with Crippen molar-refractivity contribution in [2.45, 2.75) is 6.92 Å². The number of nitriles is 1. The second-order valence-electron chi connectivity index (χ2n) is 3.84. The SMILES string of the molecule is Cc1cccc2oc3cccc(C#N)c3c12. The van der Waals surface area contributed by atoms with Gasteiger partial charge in [-0.05, 0) is 30.7 Å². The molecule has 0 spiro atoms. The van der Waals surface area contributed by atoms with E-state index >= 15 is 0 Å². The van der Waals surface area contributed by atoms with Crippen molar-refractivity contribution < 1.29 is 4.42 Å². The van der Waals surface area contributed by atoms with Crippen LogP contribution in [0.25, 0.3) is 21.9 Å². The topological polar surface area (TPSA) is 36.9 Å². The van der Waals surface area contributed by atoms with Crippen LogP contribution in [0.2, 0.25) is 0 Å². The molecule has 0 unspecified atom stereocenters. The van der Waals surface area contributed by atoms with E-state index in [1.807, 2.05) is 43.3 Å². The van der Waals surface area contributed by atoms with Gasteiger partial charge in [-0.25, -0.2) is 0 Å². The lowest BCUT2D eigenvalue weighted by Gasteiger charge is -1.95. The molecule has 0 amide bonds. The highest BCUT2D eigenvalue weighted by Crippen LogP contribution is 2.32. The molecule has 0 aliphatic carbocycles. The molecule has 3 aromatic rings. The first-order valence-electron chi connectivity index (χ1n) is 5.12. The molecule has 2 nitrogen and oxygen atoms in total. The fourth-order valence-electron chi connectivity index (χ4n) is 2.13. The Morgan fingerprint density at radius 2 is 1.69 bits per heavy atom. The summed E-state index contributed by atoms with van der Waals surface area (Å²) >= 11 is 0. The van der Waals surface area contributed by atoms with Gasteiger partial charge in [0.1, 0.15) is 11.2 Å². The van der Waals surface area contributed by atoms with Crippen molar-refractivity contribution in [2.75, 3.05) is 0 Å². The summed E-state index contributed by atoms with van der Waals surface area (Å²) in [5, 5.41) is 11.1. The lowest BCUT2D eigenvalue weighted by molar-refractivity contribution is 0.669. The Morgan fingerprint density at radius 3 is 2.44 bits per heavy atom. The summed E-state index contributed by atoms with van der Waals surface area (Å²) in [7, 11) is 0. The van der Waals surface area contributed by atoms with Crippen LogP contribution in [0.5, 0.6) is 0 Å². The molecule has 0 radical (unpaired) electrons. The van der Waals surface area contributed by atoms with Gasteiger partial charge in [0, 0.05) is 10.8 Å². The maximum absolute atomic E-state index is 9.11. The van der Waals surface area contributed by atoms with E-state index in [4.69, 9.17) is 9.68 Å². The number of hydrogen-bond acceptors (Lipinski definition) is 2. The van der Waals surface area contributed by atoms with Gasteiger partial charge in [0.2, 0.25) is 0 Å². The van der Waals surface area contributed by atoms with Gasteiger partial charge < -0.3 is 4.42 Å². The third-order valence-corrected chi connectivity index (χ3v) is 2.85. The van der Waals surface area contributed by atoms with Crippen LogP contribution in [0.4, 0.5) is 0 Å². The molecule has 16 heavy (non-hydrogen) atoms. The number of fused-ring (bicyclic) bond motifs is 3. The smallest absolute Gasteiger partial charge is 0.136 e. The molecule has 1 aromatic heterocycles. The number of aryl methyl sites for hydroxylation is 1. The minimum Gasteiger partial charge on any atom is -0.456 e.